The van der Waals surface area contributed by atoms with E-state index in [-0.39, 0.29) is 32.6 Å². The first-order valence-corrected chi connectivity index (χ1v) is 21.4. The van der Waals surface area contributed by atoms with Gasteiger partial charge in [-0.15, -0.1) is 0 Å². The van der Waals surface area contributed by atoms with Crippen LogP contribution in [0.2, 0.25) is 0 Å². The molecule has 10 nitrogen and oxygen atoms in total. The fraction of sp³-hybridized carbons (Fsp3) is 0.707. The third-order valence-corrected chi connectivity index (χ3v) is 9.30. The normalized spacial score (nSPS) is 17.9. The lowest BCUT2D eigenvalue weighted by atomic mass is 10.1. The Morgan fingerprint density at radius 2 is 1.31 bits per heavy atom. The number of esters is 2. The van der Waals surface area contributed by atoms with E-state index >= 15 is 0 Å². The SMILES string of the molecule is CC/C=C\C/C=C\C/C=C\C/C=C\CCCCC(=O)OC[C@H](COP(=O)(O)OCCN)OC(=O)CCCCCCCC1OC1C/C=C\CCCCC. The average molecular weight is 752 g/mol. The molecule has 1 heterocycles. The Labute approximate surface area is 314 Å². The molecule has 1 rings (SSSR count). The van der Waals surface area contributed by atoms with Crippen LogP contribution >= 0.6 is 7.82 Å². The maximum atomic E-state index is 12.6. The second-order valence-electron chi connectivity index (χ2n) is 13.2. The Morgan fingerprint density at radius 1 is 0.712 bits per heavy atom. The second kappa shape index (κ2) is 33.3. The van der Waals surface area contributed by atoms with Gasteiger partial charge in [0.2, 0.25) is 0 Å². The monoisotopic (exact) mass is 751 g/mol. The first kappa shape index (κ1) is 47.7. The number of allylic oxidation sites excluding steroid dienone is 9. The maximum absolute atomic E-state index is 12.6. The van der Waals surface area contributed by atoms with Crippen molar-refractivity contribution in [2.75, 3.05) is 26.4 Å². The zero-order valence-electron chi connectivity index (χ0n) is 32.2. The molecular formula is C41H70NO9P. The van der Waals surface area contributed by atoms with Crippen LogP contribution in [0.15, 0.2) is 60.8 Å². The maximum Gasteiger partial charge on any atom is 0.472 e. The van der Waals surface area contributed by atoms with Gasteiger partial charge in [0.05, 0.1) is 25.4 Å². The highest BCUT2D eigenvalue weighted by molar-refractivity contribution is 7.47. The van der Waals surface area contributed by atoms with Gasteiger partial charge in [-0.2, -0.15) is 0 Å². The Bertz CT molecular complexity index is 1100. The number of ether oxygens (including phenoxy) is 3. The molecule has 0 amide bonds. The van der Waals surface area contributed by atoms with Gasteiger partial charge < -0.3 is 24.8 Å². The Balaban J connectivity index is 2.26. The van der Waals surface area contributed by atoms with Crippen molar-refractivity contribution in [1.82, 2.24) is 0 Å². The van der Waals surface area contributed by atoms with Gasteiger partial charge in [-0.1, -0.05) is 113 Å². The van der Waals surface area contributed by atoms with Crippen molar-refractivity contribution >= 4 is 19.8 Å². The summed E-state index contributed by atoms with van der Waals surface area (Å²) in [5.74, 6) is -0.908. The molecule has 0 aliphatic carbocycles. The largest absolute Gasteiger partial charge is 0.472 e. The molecule has 1 aliphatic rings. The lowest BCUT2D eigenvalue weighted by Crippen LogP contribution is -2.29. The zero-order chi connectivity index (χ0) is 38.0. The third-order valence-electron chi connectivity index (χ3n) is 8.31. The van der Waals surface area contributed by atoms with E-state index in [0.29, 0.717) is 25.0 Å². The standard InChI is InChI=1S/C41H70NO9P/c1-3-5-7-9-11-12-13-14-15-16-17-18-19-23-27-31-40(43)47-35-37(36-49-52(45,46)48-34-33-42)50-41(44)32-28-24-20-22-26-30-39-38(51-39)29-25-21-10-8-6-4-2/h5,7,11-12,14-15,17-18,21,25,37-39H,3-4,6,8-10,13,16,19-20,22-24,26-36,42H2,1-2H3,(H,45,46)/b7-5-,12-11-,15-14-,18-17-,25-21-/t37-,38?,39?/m1/s1. The van der Waals surface area contributed by atoms with Crippen LogP contribution in [0.3, 0.4) is 0 Å². The van der Waals surface area contributed by atoms with Gasteiger partial charge in [0, 0.05) is 19.4 Å². The number of rotatable bonds is 35. The fourth-order valence-electron chi connectivity index (χ4n) is 5.28. The molecule has 3 unspecified atom stereocenters. The molecule has 0 spiro atoms. The summed E-state index contributed by atoms with van der Waals surface area (Å²) in [6.07, 6.45) is 39.9. The number of carbonyl (C=O) groups excluding carboxylic acids is 2. The molecule has 11 heteroatoms. The van der Waals surface area contributed by atoms with Gasteiger partial charge in [-0.05, 0) is 77.0 Å². The number of phosphoric ester groups is 1. The molecule has 0 aromatic rings. The highest BCUT2D eigenvalue weighted by atomic mass is 31.2. The number of hydrogen-bond acceptors (Lipinski definition) is 9. The van der Waals surface area contributed by atoms with E-state index in [1.807, 2.05) is 0 Å². The molecule has 1 saturated heterocycles. The van der Waals surface area contributed by atoms with Crippen LogP contribution in [0.4, 0.5) is 0 Å². The van der Waals surface area contributed by atoms with Crippen LogP contribution in [0.25, 0.3) is 0 Å². The summed E-state index contributed by atoms with van der Waals surface area (Å²) in [7, 11) is -4.39. The molecule has 1 fully saturated rings. The van der Waals surface area contributed by atoms with E-state index in [0.717, 1.165) is 83.5 Å². The molecule has 0 aromatic heterocycles. The molecule has 4 atom stereocenters. The third kappa shape index (κ3) is 30.2. The minimum absolute atomic E-state index is 0.0396. The van der Waals surface area contributed by atoms with E-state index in [4.69, 9.17) is 29.0 Å². The van der Waals surface area contributed by atoms with E-state index < -0.39 is 32.5 Å². The van der Waals surface area contributed by atoms with Crippen molar-refractivity contribution in [2.24, 2.45) is 5.73 Å². The van der Waals surface area contributed by atoms with E-state index in [1.165, 1.54) is 19.3 Å². The number of epoxide rings is 1. The first-order valence-electron chi connectivity index (χ1n) is 19.9. The van der Waals surface area contributed by atoms with Crippen molar-refractivity contribution in [3.05, 3.63) is 60.8 Å². The van der Waals surface area contributed by atoms with Gasteiger partial charge in [-0.25, -0.2) is 4.57 Å². The lowest BCUT2D eigenvalue weighted by Gasteiger charge is -2.19. The van der Waals surface area contributed by atoms with Gasteiger partial charge in [0.25, 0.3) is 0 Å². The molecule has 3 N–H and O–H groups in total. The highest BCUT2D eigenvalue weighted by Gasteiger charge is 2.36. The second-order valence-corrected chi connectivity index (χ2v) is 14.6. The smallest absolute Gasteiger partial charge is 0.462 e. The summed E-state index contributed by atoms with van der Waals surface area (Å²) in [5, 5.41) is 0. The topological polar surface area (TPSA) is 147 Å². The van der Waals surface area contributed by atoms with Crippen LogP contribution in [0.5, 0.6) is 0 Å². The number of phosphoric acid groups is 1. The quantitative estimate of drug-likeness (QED) is 0.0211. The fourth-order valence-corrected chi connectivity index (χ4v) is 6.04. The Kier molecular flexibility index (Phi) is 30.5. The molecule has 0 aromatic carbocycles. The van der Waals surface area contributed by atoms with Crippen LogP contribution < -0.4 is 5.73 Å². The van der Waals surface area contributed by atoms with Crippen molar-refractivity contribution in [3.8, 4) is 0 Å². The number of carbonyl (C=O) groups is 2. The van der Waals surface area contributed by atoms with Crippen LogP contribution in [-0.4, -0.2) is 61.5 Å². The van der Waals surface area contributed by atoms with Crippen LogP contribution in [0.1, 0.15) is 142 Å². The molecule has 298 valence electrons. The molecule has 0 bridgehead atoms. The summed E-state index contributed by atoms with van der Waals surface area (Å²) in [5.41, 5.74) is 5.33. The predicted molar refractivity (Wildman–Crippen MR) is 210 cm³/mol. The van der Waals surface area contributed by atoms with Crippen LogP contribution in [0, 0.1) is 0 Å². The molecular weight excluding hydrogens is 681 g/mol. The van der Waals surface area contributed by atoms with E-state index in [9.17, 15) is 19.0 Å². The number of unbranched alkanes of at least 4 members (excludes halogenated alkanes) is 9. The summed E-state index contributed by atoms with van der Waals surface area (Å²) >= 11 is 0. The van der Waals surface area contributed by atoms with Gasteiger partial charge in [-0.3, -0.25) is 18.6 Å². The van der Waals surface area contributed by atoms with Crippen molar-refractivity contribution < 1.29 is 42.3 Å². The van der Waals surface area contributed by atoms with Crippen LogP contribution in [-0.2, 0) is 37.4 Å². The van der Waals surface area contributed by atoms with E-state index in [1.54, 1.807) is 0 Å². The highest BCUT2D eigenvalue weighted by Crippen LogP contribution is 2.43. The molecule has 1 aliphatic heterocycles. The Hall–Kier alpha value is -2.33. The number of hydrogen-bond donors (Lipinski definition) is 2. The molecule has 0 saturated carbocycles. The predicted octanol–water partition coefficient (Wildman–Crippen LogP) is 9.92. The Morgan fingerprint density at radius 3 is 2.00 bits per heavy atom. The summed E-state index contributed by atoms with van der Waals surface area (Å²) < 4.78 is 38.5. The van der Waals surface area contributed by atoms with Crippen molar-refractivity contribution in [2.45, 2.75) is 161 Å². The number of nitrogens with two attached hydrogens (primary N) is 1. The summed E-state index contributed by atoms with van der Waals surface area (Å²) in [6.45, 7) is 3.48. The minimum atomic E-state index is -4.39. The van der Waals surface area contributed by atoms with Gasteiger partial charge in [0.1, 0.15) is 6.61 Å². The lowest BCUT2D eigenvalue weighted by molar-refractivity contribution is -0.161. The van der Waals surface area contributed by atoms with E-state index in [2.05, 4.69) is 74.6 Å². The summed E-state index contributed by atoms with van der Waals surface area (Å²) in [4.78, 5) is 34.8. The van der Waals surface area contributed by atoms with Crippen molar-refractivity contribution in [3.63, 3.8) is 0 Å². The minimum Gasteiger partial charge on any atom is -0.462 e. The molecule has 0 radical (unpaired) electrons. The zero-order valence-corrected chi connectivity index (χ0v) is 33.1. The van der Waals surface area contributed by atoms with Crippen molar-refractivity contribution in [1.29, 1.82) is 0 Å². The van der Waals surface area contributed by atoms with Gasteiger partial charge >= 0.3 is 19.8 Å². The average Bonchev–Trinajstić information content (AvgIpc) is 3.89. The first-order chi connectivity index (χ1) is 25.3. The van der Waals surface area contributed by atoms with Gasteiger partial charge in [0.15, 0.2) is 6.10 Å². The molecule has 52 heavy (non-hydrogen) atoms. The summed E-state index contributed by atoms with van der Waals surface area (Å²) in [6, 6.07) is 0.